The first-order chi connectivity index (χ1) is 17.1. The van der Waals surface area contributed by atoms with Crippen LogP contribution in [0.1, 0.15) is 52.7 Å². The van der Waals surface area contributed by atoms with Crippen LogP contribution in [-0.2, 0) is 14.7 Å². The molecular formula is C33H33BO2. The van der Waals surface area contributed by atoms with E-state index < -0.39 is 7.12 Å². The van der Waals surface area contributed by atoms with Crippen LogP contribution in [0.4, 0.5) is 0 Å². The highest BCUT2D eigenvalue weighted by Crippen LogP contribution is 2.49. The second-order valence-electron chi connectivity index (χ2n) is 11.7. The van der Waals surface area contributed by atoms with Crippen molar-refractivity contribution in [3.63, 3.8) is 0 Å². The molecule has 0 aromatic heterocycles. The van der Waals surface area contributed by atoms with Crippen LogP contribution in [0.25, 0.3) is 33.4 Å². The van der Waals surface area contributed by atoms with Gasteiger partial charge >= 0.3 is 7.12 Å². The summed E-state index contributed by atoms with van der Waals surface area (Å²) in [5, 5.41) is 0. The molecule has 0 unspecified atom stereocenters. The van der Waals surface area contributed by atoms with Gasteiger partial charge in [0.2, 0.25) is 0 Å². The highest BCUT2D eigenvalue weighted by Gasteiger charge is 2.51. The summed E-state index contributed by atoms with van der Waals surface area (Å²) in [7, 11) is -0.411. The lowest BCUT2D eigenvalue weighted by Gasteiger charge is -2.32. The first-order valence-corrected chi connectivity index (χ1v) is 12.9. The molecule has 4 aromatic carbocycles. The molecule has 1 heterocycles. The normalized spacial score (nSPS) is 18.7. The summed E-state index contributed by atoms with van der Waals surface area (Å²) in [6, 6.07) is 33.1. The van der Waals surface area contributed by atoms with Crippen LogP contribution in [-0.4, -0.2) is 18.3 Å². The van der Waals surface area contributed by atoms with E-state index >= 15 is 0 Å². The first kappa shape index (κ1) is 23.3. The second kappa shape index (κ2) is 7.93. The Bertz CT molecular complexity index is 1450. The van der Waals surface area contributed by atoms with E-state index in [9.17, 15) is 0 Å². The Morgan fingerprint density at radius 1 is 0.500 bits per heavy atom. The minimum Gasteiger partial charge on any atom is -0.399 e. The lowest BCUT2D eigenvalue weighted by molar-refractivity contribution is 0.00578. The quantitative estimate of drug-likeness (QED) is 0.286. The summed E-state index contributed by atoms with van der Waals surface area (Å²) in [5.41, 5.74) is 10.5. The lowest BCUT2D eigenvalue weighted by atomic mass is 9.76. The van der Waals surface area contributed by atoms with Crippen LogP contribution in [0.5, 0.6) is 0 Å². The predicted octanol–water partition coefficient (Wildman–Crippen LogP) is 7.63. The monoisotopic (exact) mass is 472 g/mol. The van der Waals surface area contributed by atoms with E-state index in [2.05, 4.69) is 133 Å². The zero-order valence-corrected chi connectivity index (χ0v) is 22.1. The average molecular weight is 472 g/mol. The maximum atomic E-state index is 6.46. The van der Waals surface area contributed by atoms with Crippen molar-refractivity contribution in [1.82, 2.24) is 0 Å². The molecule has 2 aliphatic rings. The summed E-state index contributed by atoms with van der Waals surface area (Å²) in [4.78, 5) is 0. The molecule has 0 N–H and O–H groups in total. The van der Waals surface area contributed by atoms with Gasteiger partial charge in [0, 0.05) is 5.41 Å². The summed E-state index contributed by atoms with van der Waals surface area (Å²) < 4.78 is 12.9. The molecule has 180 valence electrons. The molecule has 0 amide bonds. The Morgan fingerprint density at radius 3 is 1.78 bits per heavy atom. The Hall–Kier alpha value is -3.14. The summed E-state index contributed by atoms with van der Waals surface area (Å²) in [6.45, 7) is 13.1. The molecule has 6 rings (SSSR count). The fourth-order valence-corrected chi connectivity index (χ4v) is 5.63. The standard InChI is InChI=1S/C33H33BO2/c1-31(2)29-15-11-10-14-27(29)28-21-23(16-17-30(28)31)25-18-24(22-12-8-7-9-13-22)19-26(20-25)34-35-32(3,4)33(5,6)36-34/h7-21H,1-6H3. The third-order valence-electron chi connectivity index (χ3n) is 8.50. The highest BCUT2D eigenvalue weighted by molar-refractivity contribution is 6.62. The largest absolute Gasteiger partial charge is 0.494 e. The van der Waals surface area contributed by atoms with Crippen LogP contribution >= 0.6 is 0 Å². The van der Waals surface area contributed by atoms with E-state index in [1.165, 1.54) is 44.5 Å². The van der Waals surface area contributed by atoms with Gasteiger partial charge in [0.05, 0.1) is 11.2 Å². The maximum absolute atomic E-state index is 6.46. The molecule has 0 atom stereocenters. The van der Waals surface area contributed by atoms with Crippen molar-refractivity contribution < 1.29 is 9.31 Å². The minimum absolute atomic E-state index is 0.00416. The first-order valence-electron chi connectivity index (χ1n) is 12.9. The van der Waals surface area contributed by atoms with E-state index in [1.807, 2.05) is 0 Å². The smallest absolute Gasteiger partial charge is 0.399 e. The Morgan fingerprint density at radius 2 is 1.08 bits per heavy atom. The zero-order chi connectivity index (χ0) is 25.3. The fourth-order valence-electron chi connectivity index (χ4n) is 5.63. The van der Waals surface area contributed by atoms with E-state index in [0.29, 0.717) is 0 Å². The molecule has 0 radical (unpaired) electrons. The van der Waals surface area contributed by atoms with Crippen molar-refractivity contribution in [2.75, 3.05) is 0 Å². The molecule has 0 spiro atoms. The Labute approximate surface area is 215 Å². The van der Waals surface area contributed by atoms with Gasteiger partial charge in [-0.05, 0) is 89.8 Å². The lowest BCUT2D eigenvalue weighted by Crippen LogP contribution is -2.41. The molecule has 1 saturated heterocycles. The third kappa shape index (κ3) is 3.57. The van der Waals surface area contributed by atoms with Gasteiger partial charge in [-0.25, -0.2) is 0 Å². The second-order valence-corrected chi connectivity index (χ2v) is 11.7. The van der Waals surface area contributed by atoms with Gasteiger partial charge < -0.3 is 9.31 Å². The van der Waals surface area contributed by atoms with Crippen molar-refractivity contribution in [2.45, 2.75) is 58.2 Å². The molecule has 0 bridgehead atoms. The van der Waals surface area contributed by atoms with Crippen molar-refractivity contribution >= 4 is 12.6 Å². The SMILES string of the molecule is CC1(C)c2ccccc2-c2cc(-c3cc(B4OC(C)(C)C(C)(C)O4)cc(-c4ccccc4)c3)ccc21. The Balaban J connectivity index is 1.50. The van der Waals surface area contributed by atoms with Crippen LogP contribution in [0.2, 0.25) is 0 Å². The molecule has 0 saturated carbocycles. The topological polar surface area (TPSA) is 18.5 Å². The molecule has 4 aromatic rings. The van der Waals surface area contributed by atoms with Crippen molar-refractivity contribution in [3.8, 4) is 33.4 Å². The highest BCUT2D eigenvalue weighted by atomic mass is 16.7. The molecule has 36 heavy (non-hydrogen) atoms. The van der Waals surface area contributed by atoms with Crippen LogP contribution in [0.3, 0.4) is 0 Å². The summed E-state index contributed by atoms with van der Waals surface area (Å²) in [5.74, 6) is 0. The number of fused-ring (bicyclic) bond motifs is 3. The maximum Gasteiger partial charge on any atom is 0.494 e. The molecule has 1 aliphatic heterocycles. The fraction of sp³-hybridized carbons (Fsp3) is 0.273. The van der Waals surface area contributed by atoms with E-state index in [0.717, 1.165) is 5.46 Å². The molecular weight excluding hydrogens is 439 g/mol. The van der Waals surface area contributed by atoms with Gasteiger partial charge in [-0.15, -0.1) is 0 Å². The van der Waals surface area contributed by atoms with Crippen molar-refractivity contribution in [2.24, 2.45) is 0 Å². The average Bonchev–Trinajstić information content (AvgIpc) is 3.24. The van der Waals surface area contributed by atoms with Crippen LogP contribution in [0.15, 0.2) is 91.0 Å². The number of hydrogen-bond donors (Lipinski definition) is 0. The van der Waals surface area contributed by atoms with Gasteiger partial charge in [0.15, 0.2) is 0 Å². The van der Waals surface area contributed by atoms with E-state index in [-0.39, 0.29) is 16.6 Å². The summed E-state index contributed by atoms with van der Waals surface area (Å²) in [6.07, 6.45) is 0. The number of rotatable bonds is 3. The van der Waals surface area contributed by atoms with Gasteiger partial charge in [-0.2, -0.15) is 0 Å². The molecule has 1 fully saturated rings. The number of hydrogen-bond acceptors (Lipinski definition) is 2. The van der Waals surface area contributed by atoms with Gasteiger partial charge in [-0.3, -0.25) is 0 Å². The third-order valence-corrected chi connectivity index (χ3v) is 8.50. The zero-order valence-electron chi connectivity index (χ0n) is 22.1. The molecule has 3 heteroatoms. The van der Waals surface area contributed by atoms with Gasteiger partial charge in [-0.1, -0.05) is 92.7 Å². The minimum atomic E-state index is -0.411. The van der Waals surface area contributed by atoms with E-state index in [1.54, 1.807) is 0 Å². The van der Waals surface area contributed by atoms with Crippen molar-refractivity contribution in [1.29, 1.82) is 0 Å². The van der Waals surface area contributed by atoms with Gasteiger partial charge in [0.25, 0.3) is 0 Å². The van der Waals surface area contributed by atoms with Crippen LogP contribution in [0, 0.1) is 0 Å². The molecule has 1 aliphatic carbocycles. The Kier molecular flexibility index (Phi) is 5.13. The van der Waals surface area contributed by atoms with Crippen molar-refractivity contribution in [3.05, 3.63) is 102 Å². The van der Waals surface area contributed by atoms with E-state index in [4.69, 9.17) is 9.31 Å². The van der Waals surface area contributed by atoms with Crippen LogP contribution < -0.4 is 5.46 Å². The summed E-state index contributed by atoms with van der Waals surface area (Å²) >= 11 is 0. The number of benzene rings is 4. The molecule has 2 nitrogen and oxygen atoms in total. The van der Waals surface area contributed by atoms with Gasteiger partial charge in [0.1, 0.15) is 0 Å². The predicted molar refractivity (Wildman–Crippen MR) is 151 cm³/mol.